The molecule has 0 bridgehead atoms. The summed E-state index contributed by atoms with van der Waals surface area (Å²) in [4.78, 5) is 28.4. The fourth-order valence-electron chi connectivity index (χ4n) is 4.65. The number of halogens is 2. The van der Waals surface area contributed by atoms with Crippen molar-refractivity contribution in [2.24, 2.45) is 0 Å². The summed E-state index contributed by atoms with van der Waals surface area (Å²) < 4.78 is 43.9. The molecule has 4 rings (SSSR count). The van der Waals surface area contributed by atoms with Crippen LogP contribution in [0.1, 0.15) is 38.2 Å². The van der Waals surface area contributed by atoms with Gasteiger partial charge in [-0.05, 0) is 61.7 Å². The number of sulfonamides is 1. The zero-order valence-corrected chi connectivity index (χ0v) is 24.0. The summed E-state index contributed by atoms with van der Waals surface area (Å²) in [7, 11) is -4.31. The Morgan fingerprint density at radius 3 is 2.23 bits per heavy atom. The Balaban J connectivity index is 1.68. The highest BCUT2D eigenvalue weighted by atomic mass is 79.9. The molecule has 3 aromatic carbocycles. The van der Waals surface area contributed by atoms with Gasteiger partial charge in [-0.3, -0.25) is 13.9 Å². The first-order valence-corrected chi connectivity index (χ1v) is 15.1. The summed E-state index contributed by atoms with van der Waals surface area (Å²) in [5.41, 5.74) is 0.511. The number of benzene rings is 3. The van der Waals surface area contributed by atoms with Gasteiger partial charge in [0.25, 0.3) is 10.0 Å². The minimum atomic E-state index is -4.31. The van der Waals surface area contributed by atoms with E-state index in [1.807, 2.05) is 24.3 Å². The van der Waals surface area contributed by atoms with E-state index in [1.165, 1.54) is 35.2 Å². The molecule has 1 saturated carbocycles. The summed E-state index contributed by atoms with van der Waals surface area (Å²) in [5, 5.41) is 3.03. The van der Waals surface area contributed by atoms with Crippen LogP contribution in [0.2, 0.25) is 0 Å². The Bertz CT molecular complexity index is 1400. The zero-order chi connectivity index (χ0) is 28.0. The number of amides is 2. The Morgan fingerprint density at radius 2 is 1.59 bits per heavy atom. The lowest BCUT2D eigenvalue weighted by atomic mass is 10.1. The van der Waals surface area contributed by atoms with Gasteiger partial charge in [-0.1, -0.05) is 71.2 Å². The van der Waals surface area contributed by atoms with Crippen LogP contribution in [-0.4, -0.2) is 43.8 Å². The van der Waals surface area contributed by atoms with E-state index >= 15 is 0 Å². The standard InChI is InChI=1S/C29H31BrFN3O4S/c1-21(29(36)32-24-9-5-6-10-24)33(19-22-15-17-23(30)18-16-22)28(35)20-34(27-14-8-7-13-26(27)31)39(37,38)25-11-3-2-4-12-25/h2-4,7-8,11-18,21,24H,5-6,9-10,19-20H2,1H3,(H,32,36). The van der Waals surface area contributed by atoms with Crippen LogP contribution in [0.3, 0.4) is 0 Å². The fourth-order valence-corrected chi connectivity index (χ4v) is 6.36. The van der Waals surface area contributed by atoms with E-state index in [1.54, 1.807) is 25.1 Å². The lowest BCUT2D eigenvalue weighted by Crippen LogP contribution is -2.52. The highest BCUT2D eigenvalue weighted by Gasteiger charge is 2.34. The highest BCUT2D eigenvalue weighted by Crippen LogP contribution is 2.27. The molecule has 39 heavy (non-hydrogen) atoms. The van der Waals surface area contributed by atoms with E-state index in [9.17, 15) is 22.4 Å². The molecule has 1 N–H and O–H groups in total. The summed E-state index contributed by atoms with van der Waals surface area (Å²) >= 11 is 3.40. The second kappa shape index (κ2) is 12.7. The maximum Gasteiger partial charge on any atom is 0.264 e. The summed E-state index contributed by atoms with van der Waals surface area (Å²) in [6.07, 6.45) is 3.84. The maximum atomic E-state index is 14.9. The van der Waals surface area contributed by atoms with Crippen molar-refractivity contribution in [2.75, 3.05) is 10.8 Å². The van der Waals surface area contributed by atoms with Crippen molar-refractivity contribution in [3.63, 3.8) is 0 Å². The summed E-state index contributed by atoms with van der Waals surface area (Å²) in [5.74, 6) is -1.72. The molecule has 1 aliphatic rings. The third-order valence-electron chi connectivity index (χ3n) is 6.87. The van der Waals surface area contributed by atoms with Crippen molar-refractivity contribution in [1.29, 1.82) is 0 Å². The van der Waals surface area contributed by atoms with Crippen LogP contribution >= 0.6 is 15.9 Å². The number of rotatable bonds is 10. The van der Waals surface area contributed by atoms with Crippen LogP contribution in [-0.2, 0) is 26.2 Å². The molecule has 1 atom stereocenters. The van der Waals surface area contributed by atoms with E-state index < -0.39 is 34.3 Å². The predicted octanol–water partition coefficient (Wildman–Crippen LogP) is 5.26. The monoisotopic (exact) mass is 615 g/mol. The number of nitrogens with zero attached hydrogens (tertiary/aromatic N) is 2. The normalized spacial score (nSPS) is 14.5. The molecule has 2 amide bonds. The highest BCUT2D eigenvalue weighted by molar-refractivity contribution is 9.10. The van der Waals surface area contributed by atoms with Gasteiger partial charge < -0.3 is 10.2 Å². The molecule has 0 aromatic heterocycles. The topological polar surface area (TPSA) is 86.8 Å². The van der Waals surface area contributed by atoms with Gasteiger partial charge in [-0.25, -0.2) is 12.8 Å². The molecule has 0 radical (unpaired) electrons. The first kappa shape index (κ1) is 28.8. The van der Waals surface area contributed by atoms with E-state index in [2.05, 4.69) is 21.2 Å². The quantitative estimate of drug-likeness (QED) is 0.337. The SMILES string of the molecule is CC(C(=O)NC1CCCC1)N(Cc1ccc(Br)cc1)C(=O)CN(c1ccccc1F)S(=O)(=O)c1ccccc1. The number of nitrogens with one attached hydrogen (secondary N) is 1. The molecule has 10 heteroatoms. The molecule has 0 heterocycles. The van der Waals surface area contributed by atoms with Crippen molar-refractivity contribution in [2.45, 2.75) is 56.1 Å². The number of carbonyl (C=O) groups excluding carboxylic acids is 2. The molecule has 7 nitrogen and oxygen atoms in total. The number of hydrogen-bond acceptors (Lipinski definition) is 4. The Kier molecular flexibility index (Phi) is 9.40. The molecule has 1 aliphatic carbocycles. The third-order valence-corrected chi connectivity index (χ3v) is 9.17. The van der Waals surface area contributed by atoms with Crippen LogP contribution in [0.5, 0.6) is 0 Å². The second-order valence-electron chi connectivity index (χ2n) is 9.59. The van der Waals surface area contributed by atoms with Gasteiger partial charge >= 0.3 is 0 Å². The number of hydrogen-bond donors (Lipinski definition) is 1. The molecule has 0 aliphatic heterocycles. The molecule has 1 fully saturated rings. The van der Waals surface area contributed by atoms with Gasteiger partial charge in [0, 0.05) is 17.1 Å². The van der Waals surface area contributed by atoms with Gasteiger partial charge in [-0.15, -0.1) is 0 Å². The van der Waals surface area contributed by atoms with Crippen LogP contribution in [0, 0.1) is 5.82 Å². The largest absolute Gasteiger partial charge is 0.352 e. The van der Waals surface area contributed by atoms with Gasteiger partial charge in [-0.2, -0.15) is 0 Å². The average Bonchev–Trinajstić information content (AvgIpc) is 3.45. The van der Waals surface area contributed by atoms with Gasteiger partial charge in [0.05, 0.1) is 10.6 Å². The maximum absolute atomic E-state index is 14.9. The second-order valence-corrected chi connectivity index (χ2v) is 12.4. The molecular weight excluding hydrogens is 585 g/mol. The molecule has 3 aromatic rings. The average molecular weight is 617 g/mol. The third kappa shape index (κ3) is 7.05. The predicted molar refractivity (Wildman–Crippen MR) is 152 cm³/mol. The molecule has 0 spiro atoms. The molecule has 0 saturated heterocycles. The van der Waals surface area contributed by atoms with Crippen LogP contribution in [0.15, 0.2) is 88.2 Å². The first-order chi connectivity index (χ1) is 18.7. The number of carbonyl (C=O) groups is 2. The van der Waals surface area contributed by atoms with Gasteiger partial charge in [0.15, 0.2) is 0 Å². The number of anilines is 1. The molecular formula is C29H31BrFN3O4S. The fraction of sp³-hybridized carbons (Fsp3) is 0.310. The van der Waals surface area contributed by atoms with Crippen molar-refractivity contribution < 1.29 is 22.4 Å². The van der Waals surface area contributed by atoms with Crippen molar-refractivity contribution in [3.8, 4) is 0 Å². The summed E-state index contributed by atoms with van der Waals surface area (Å²) in [6, 6.07) is 19.5. The van der Waals surface area contributed by atoms with E-state index in [0.29, 0.717) is 0 Å². The van der Waals surface area contributed by atoms with Crippen LogP contribution in [0.4, 0.5) is 10.1 Å². The van der Waals surface area contributed by atoms with E-state index in [0.717, 1.165) is 46.1 Å². The Morgan fingerprint density at radius 1 is 0.974 bits per heavy atom. The van der Waals surface area contributed by atoms with E-state index in [4.69, 9.17) is 0 Å². The van der Waals surface area contributed by atoms with E-state index in [-0.39, 0.29) is 29.1 Å². The van der Waals surface area contributed by atoms with Gasteiger partial charge in [0.1, 0.15) is 18.4 Å². The van der Waals surface area contributed by atoms with Crippen LogP contribution < -0.4 is 9.62 Å². The Labute approximate surface area is 237 Å². The zero-order valence-electron chi connectivity index (χ0n) is 21.6. The van der Waals surface area contributed by atoms with Crippen molar-refractivity contribution in [1.82, 2.24) is 10.2 Å². The minimum absolute atomic E-state index is 0.0537. The van der Waals surface area contributed by atoms with Crippen LogP contribution in [0.25, 0.3) is 0 Å². The lowest BCUT2D eigenvalue weighted by Gasteiger charge is -2.32. The number of para-hydroxylation sites is 1. The molecule has 1 unspecified atom stereocenters. The lowest BCUT2D eigenvalue weighted by molar-refractivity contribution is -0.139. The summed E-state index contributed by atoms with van der Waals surface area (Å²) in [6.45, 7) is 1.01. The molecule has 206 valence electrons. The first-order valence-electron chi connectivity index (χ1n) is 12.8. The smallest absolute Gasteiger partial charge is 0.264 e. The minimum Gasteiger partial charge on any atom is -0.352 e. The Hall–Kier alpha value is -3.24. The van der Waals surface area contributed by atoms with Crippen molar-refractivity contribution >= 4 is 43.5 Å². The van der Waals surface area contributed by atoms with Gasteiger partial charge in [0.2, 0.25) is 11.8 Å². The van der Waals surface area contributed by atoms with Crippen molar-refractivity contribution in [3.05, 3.63) is 94.7 Å².